The van der Waals surface area contributed by atoms with Crippen LogP contribution in [-0.4, -0.2) is 31.6 Å². The van der Waals surface area contributed by atoms with Crippen molar-refractivity contribution in [1.82, 2.24) is 10.6 Å². The maximum absolute atomic E-state index is 12.7. The third kappa shape index (κ3) is 5.79. The Balaban J connectivity index is 1.89. The summed E-state index contributed by atoms with van der Waals surface area (Å²) < 4.78 is 81.5. The number of alkyl halides is 6. The molecule has 1 fully saturated rings. The van der Waals surface area contributed by atoms with Gasteiger partial charge in [0.1, 0.15) is 5.75 Å². The molecular formula is C16H18F6N2O2. The standard InChI is InChI=1S/C16H18F6N2O2/c17-15(18,19)10-7-11(16(20,21)22)9-12(8-10)26-6-2-5-24-14(25)13-3-1-4-23-13/h7-9,13,23H,1-6H2,(H,24,25)/t13-/m1/s1. The number of carbonyl (C=O) groups excluding carboxylic acids is 1. The average molecular weight is 384 g/mol. The minimum atomic E-state index is -4.92. The quantitative estimate of drug-likeness (QED) is 0.584. The summed E-state index contributed by atoms with van der Waals surface area (Å²) in [6.07, 6.45) is -7.95. The van der Waals surface area contributed by atoms with Gasteiger partial charge < -0.3 is 15.4 Å². The van der Waals surface area contributed by atoms with Crippen molar-refractivity contribution in [2.45, 2.75) is 37.7 Å². The van der Waals surface area contributed by atoms with Crippen LogP contribution in [0.2, 0.25) is 0 Å². The molecule has 1 heterocycles. The van der Waals surface area contributed by atoms with Crippen molar-refractivity contribution in [2.75, 3.05) is 19.7 Å². The van der Waals surface area contributed by atoms with E-state index in [9.17, 15) is 31.1 Å². The van der Waals surface area contributed by atoms with Crippen molar-refractivity contribution in [1.29, 1.82) is 0 Å². The summed E-state index contributed by atoms with van der Waals surface area (Å²) in [6, 6.07) is 0.836. The van der Waals surface area contributed by atoms with Gasteiger partial charge in [-0.25, -0.2) is 0 Å². The topological polar surface area (TPSA) is 50.4 Å². The Labute approximate surface area is 145 Å². The van der Waals surface area contributed by atoms with Crippen LogP contribution in [0.15, 0.2) is 18.2 Å². The molecule has 1 amide bonds. The summed E-state index contributed by atoms with van der Waals surface area (Å²) in [7, 11) is 0. The molecule has 0 bridgehead atoms. The number of ether oxygens (including phenoxy) is 1. The van der Waals surface area contributed by atoms with Crippen molar-refractivity contribution >= 4 is 5.91 Å². The van der Waals surface area contributed by atoms with Crippen LogP contribution < -0.4 is 15.4 Å². The molecule has 1 atom stereocenters. The molecule has 10 heteroatoms. The lowest BCUT2D eigenvalue weighted by atomic mass is 10.1. The van der Waals surface area contributed by atoms with E-state index in [2.05, 4.69) is 10.6 Å². The highest BCUT2D eigenvalue weighted by molar-refractivity contribution is 5.81. The Morgan fingerprint density at radius 1 is 1.12 bits per heavy atom. The first-order valence-electron chi connectivity index (χ1n) is 8.01. The highest BCUT2D eigenvalue weighted by Gasteiger charge is 2.37. The van der Waals surface area contributed by atoms with E-state index in [1.807, 2.05) is 0 Å². The van der Waals surface area contributed by atoms with Crippen molar-refractivity contribution in [3.05, 3.63) is 29.3 Å². The van der Waals surface area contributed by atoms with Crippen LogP contribution in [0, 0.1) is 0 Å². The minimum Gasteiger partial charge on any atom is -0.493 e. The number of hydrogen-bond donors (Lipinski definition) is 2. The maximum atomic E-state index is 12.7. The predicted octanol–water partition coefficient (Wildman–Crippen LogP) is 3.36. The number of hydrogen-bond acceptors (Lipinski definition) is 3. The van der Waals surface area contributed by atoms with Crippen molar-refractivity contribution in [3.8, 4) is 5.75 Å². The van der Waals surface area contributed by atoms with Gasteiger partial charge in [-0.1, -0.05) is 0 Å². The fraction of sp³-hybridized carbons (Fsp3) is 0.562. The molecule has 0 spiro atoms. The van der Waals surface area contributed by atoms with E-state index in [0.717, 1.165) is 19.4 Å². The second kappa shape index (κ2) is 8.15. The molecule has 0 unspecified atom stereocenters. The number of nitrogens with one attached hydrogen (secondary N) is 2. The smallest absolute Gasteiger partial charge is 0.416 e. The van der Waals surface area contributed by atoms with Crippen molar-refractivity contribution in [2.24, 2.45) is 0 Å². The zero-order chi connectivity index (χ0) is 19.4. The fourth-order valence-electron chi connectivity index (χ4n) is 2.52. The van der Waals surface area contributed by atoms with Gasteiger partial charge in [-0.3, -0.25) is 4.79 Å². The lowest BCUT2D eigenvalue weighted by Gasteiger charge is -2.15. The first-order valence-corrected chi connectivity index (χ1v) is 8.01. The average Bonchev–Trinajstić information content (AvgIpc) is 3.07. The van der Waals surface area contributed by atoms with Gasteiger partial charge in [0.05, 0.1) is 23.8 Å². The molecule has 1 aliphatic rings. The summed E-state index contributed by atoms with van der Waals surface area (Å²) in [5, 5.41) is 5.65. The van der Waals surface area contributed by atoms with Crippen LogP contribution in [0.25, 0.3) is 0 Å². The largest absolute Gasteiger partial charge is 0.493 e. The van der Waals surface area contributed by atoms with Crippen LogP contribution in [0.3, 0.4) is 0 Å². The van der Waals surface area contributed by atoms with Gasteiger partial charge in [0.25, 0.3) is 0 Å². The Morgan fingerprint density at radius 3 is 2.23 bits per heavy atom. The lowest BCUT2D eigenvalue weighted by molar-refractivity contribution is -0.143. The molecule has 26 heavy (non-hydrogen) atoms. The van der Waals surface area contributed by atoms with Crippen molar-refractivity contribution < 1.29 is 35.9 Å². The normalized spacial score (nSPS) is 18.0. The number of carbonyl (C=O) groups is 1. The number of rotatable bonds is 6. The maximum Gasteiger partial charge on any atom is 0.416 e. The lowest BCUT2D eigenvalue weighted by Crippen LogP contribution is -2.40. The molecule has 1 aromatic carbocycles. The van der Waals surface area contributed by atoms with Gasteiger partial charge in [-0.2, -0.15) is 26.3 Å². The molecule has 0 aromatic heterocycles. The summed E-state index contributed by atoms with van der Waals surface area (Å²) in [6.45, 7) is 0.845. The fourth-order valence-corrected chi connectivity index (χ4v) is 2.52. The van der Waals surface area contributed by atoms with E-state index in [4.69, 9.17) is 4.74 Å². The van der Waals surface area contributed by atoms with E-state index >= 15 is 0 Å². The first kappa shape index (κ1) is 20.3. The molecule has 0 aliphatic carbocycles. The molecule has 0 saturated carbocycles. The molecule has 1 saturated heterocycles. The molecule has 0 radical (unpaired) electrons. The minimum absolute atomic E-state index is 0.0433. The second-order valence-corrected chi connectivity index (χ2v) is 5.88. The number of amides is 1. The van der Waals surface area contributed by atoms with Crippen molar-refractivity contribution in [3.63, 3.8) is 0 Å². The zero-order valence-corrected chi connectivity index (χ0v) is 13.6. The monoisotopic (exact) mass is 384 g/mol. The highest BCUT2D eigenvalue weighted by atomic mass is 19.4. The number of benzene rings is 1. The van der Waals surface area contributed by atoms with Gasteiger partial charge in [0.15, 0.2) is 0 Å². The highest BCUT2D eigenvalue weighted by Crippen LogP contribution is 2.38. The molecule has 146 valence electrons. The van der Waals surface area contributed by atoms with Gasteiger partial charge in [0.2, 0.25) is 5.91 Å². The molecule has 1 aromatic rings. The summed E-state index contributed by atoms with van der Waals surface area (Å²) >= 11 is 0. The summed E-state index contributed by atoms with van der Waals surface area (Å²) in [4.78, 5) is 11.7. The first-order chi connectivity index (χ1) is 12.1. The van der Waals surface area contributed by atoms with E-state index in [1.54, 1.807) is 0 Å². The van der Waals surface area contributed by atoms with E-state index in [-0.39, 0.29) is 37.6 Å². The third-order valence-corrected chi connectivity index (χ3v) is 3.83. The summed E-state index contributed by atoms with van der Waals surface area (Å²) in [5.41, 5.74) is -2.86. The second-order valence-electron chi connectivity index (χ2n) is 5.88. The third-order valence-electron chi connectivity index (χ3n) is 3.83. The molecule has 2 N–H and O–H groups in total. The van der Waals surface area contributed by atoms with E-state index < -0.39 is 29.2 Å². The van der Waals surface area contributed by atoms with Crippen LogP contribution in [0.5, 0.6) is 5.75 Å². The molecule has 4 nitrogen and oxygen atoms in total. The van der Waals surface area contributed by atoms with Crippen LogP contribution >= 0.6 is 0 Å². The Bertz CT molecular complexity index is 592. The van der Waals surface area contributed by atoms with Gasteiger partial charge in [0, 0.05) is 6.54 Å². The SMILES string of the molecule is O=C(NCCCOc1cc(C(F)(F)F)cc(C(F)(F)F)c1)[C@H]1CCCN1. The Morgan fingerprint density at radius 2 is 1.73 bits per heavy atom. The van der Waals surface area contributed by atoms with Crippen LogP contribution in [-0.2, 0) is 17.1 Å². The van der Waals surface area contributed by atoms with Crippen LogP contribution in [0.1, 0.15) is 30.4 Å². The molecule has 2 rings (SSSR count). The number of halogens is 6. The Kier molecular flexibility index (Phi) is 6.38. The van der Waals surface area contributed by atoms with Gasteiger partial charge in [-0.15, -0.1) is 0 Å². The van der Waals surface area contributed by atoms with E-state index in [0.29, 0.717) is 12.1 Å². The molecule has 1 aliphatic heterocycles. The van der Waals surface area contributed by atoms with E-state index in [1.165, 1.54) is 0 Å². The Hall–Kier alpha value is -1.97. The van der Waals surface area contributed by atoms with Gasteiger partial charge >= 0.3 is 12.4 Å². The zero-order valence-electron chi connectivity index (χ0n) is 13.6. The predicted molar refractivity (Wildman–Crippen MR) is 80.6 cm³/mol. The van der Waals surface area contributed by atoms with Crippen LogP contribution in [0.4, 0.5) is 26.3 Å². The molecular weight excluding hydrogens is 366 g/mol. The van der Waals surface area contributed by atoms with Gasteiger partial charge in [-0.05, 0) is 44.0 Å². The summed E-state index contributed by atoms with van der Waals surface area (Å²) in [5.74, 6) is -0.697.